The monoisotopic (exact) mass is 820 g/mol. The largest absolute Gasteiger partial charge is 0.447 e. The summed E-state index contributed by atoms with van der Waals surface area (Å²) in [5, 5.41) is -0.0108. The van der Waals surface area contributed by atoms with Crippen molar-refractivity contribution in [2.45, 2.75) is 95.9 Å². The second-order valence-corrected chi connectivity index (χ2v) is 15.7. The molecule has 12 heteroatoms. The van der Waals surface area contributed by atoms with Gasteiger partial charge in [0.25, 0.3) is 0 Å². The smallest absolute Gasteiger partial charge is 0.416 e. The van der Waals surface area contributed by atoms with Crippen molar-refractivity contribution in [2.24, 2.45) is 0 Å². The molecule has 1 aliphatic heterocycles. The molecular weight excluding hydrogens is 773 g/mol. The molecule has 0 bridgehead atoms. The van der Waals surface area contributed by atoms with Gasteiger partial charge < -0.3 is 19.1 Å². The highest BCUT2D eigenvalue weighted by molar-refractivity contribution is 6.30. The van der Waals surface area contributed by atoms with E-state index >= 15 is 0 Å². The second kappa shape index (κ2) is 17.7. The van der Waals surface area contributed by atoms with Crippen molar-refractivity contribution in [2.75, 3.05) is 4.90 Å². The lowest BCUT2D eigenvalue weighted by Crippen LogP contribution is -2.57. The van der Waals surface area contributed by atoms with Crippen molar-refractivity contribution >= 4 is 23.6 Å². The summed E-state index contributed by atoms with van der Waals surface area (Å²) in [7, 11) is 0. The maximum Gasteiger partial charge on any atom is 0.416 e. The van der Waals surface area contributed by atoms with Crippen LogP contribution in [0.5, 0.6) is 0 Å². The van der Waals surface area contributed by atoms with Crippen LogP contribution in [0.2, 0.25) is 5.02 Å². The van der Waals surface area contributed by atoms with Crippen molar-refractivity contribution < 1.29 is 22.7 Å². The number of benzene rings is 4. The van der Waals surface area contributed by atoms with Crippen LogP contribution in [0.3, 0.4) is 0 Å². The molecule has 6 aromatic rings. The minimum absolute atomic E-state index is 0.0108. The van der Waals surface area contributed by atoms with Crippen LogP contribution in [0.4, 0.5) is 23.9 Å². The summed E-state index contributed by atoms with van der Waals surface area (Å²) in [6.07, 6.45) is 4.46. The minimum Gasteiger partial charge on any atom is -0.447 e. The molecule has 1 saturated heterocycles. The lowest BCUT2D eigenvalue weighted by Gasteiger charge is -2.47. The fraction of sp³-hybridized carbons (Fsp3) is 0.319. The number of carbonyl (C=O) groups is 1. The first-order chi connectivity index (χ1) is 28.4. The van der Waals surface area contributed by atoms with E-state index in [0.29, 0.717) is 48.5 Å². The van der Waals surface area contributed by atoms with E-state index in [0.717, 1.165) is 28.8 Å². The number of likely N-dealkylation sites (tertiary alicyclic amines) is 1. The van der Waals surface area contributed by atoms with Crippen LogP contribution < -0.4 is 4.90 Å². The van der Waals surface area contributed by atoms with Gasteiger partial charge in [0.15, 0.2) is 0 Å². The van der Waals surface area contributed by atoms with Gasteiger partial charge >= 0.3 is 12.3 Å². The van der Waals surface area contributed by atoms with E-state index in [1.54, 1.807) is 18.5 Å². The summed E-state index contributed by atoms with van der Waals surface area (Å²) in [4.78, 5) is 31.8. The first-order valence-electron chi connectivity index (χ1n) is 20.1. The highest BCUT2D eigenvalue weighted by Crippen LogP contribution is 2.42. The lowest BCUT2D eigenvalue weighted by molar-refractivity contribution is -0.137. The Hall–Kier alpha value is -5.68. The van der Waals surface area contributed by atoms with Crippen molar-refractivity contribution in [3.05, 3.63) is 167 Å². The normalized spacial score (nSPS) is 17.2. The Labute approximate surface area is 348 Å². The summed E-state index contributed by atoms with van der Waals surface area (Å²) >= 11 is 6.28. The van der Waals surface area contributed by atoms with Crippen LogP contribution in [0.25, 0.3) is 11.3 Å². The Morgan fingerprint density at radius 1 is 0.797 bits per heavy atom. The molecule has 0 saturated carbocycles. The Balaban J connectivity index is 1.28. The Morgan fingerprint density at radius 2 is 1.32 bits per heavy atom. The number of hydrogen-bond donors (Lipinski definition) is 0. The first-order valence-corrected chi connectivity index (χ1v) is 20.5. The van der Waals surface area contributed by atoms with Gasteiger partial charge in [-0.2, -0.15) is 13.2 Å². The molecule has 59 heavy (non-hydrogen) atoms. The van der Waals surface area contributed by atoms with Gasteiger partial charge in [0.2, 0.25) is 5.95 Å². The molecule has 1 aliphatic rings. The Bertz CT molecular complexity index is 2200. The molecule has 2 atom stereocenters. The molecule has 1 fully saturated rings. The predicted molar refractivity (Wildman–Crippen MR) is 225 cm³/mol. The molecule has 1 amide bonds. The topological polar surface area (TPSA) is 76.4 Å². The van der Waals surface area contributed by atoms with Gasteiger partial charge in [0.05, 0.1) is 23.7 Å². The summed E-state index contributed by atoms with van der Waals surface area (Å²) in [6, 6.07) is 34.0. The van der Waals surface area contributed by atoms with E-state index in [2.05, 4.69) is 41.0 Å². The van der Waals surface area contributed by atoms with Gasteiger partial charge in [0.1, 0.15) is 5.54 Å². The predicted octanol–water partition coefficient (Wildman–Crippen LogP) is 11.4. The zero-order valence-corrected chi connectivity index (χ0v) is 34.3. The standard InChI is InChI=1S/C47H48ClF3N6O2/c1-5-40-25-42(26-41(6-2)57(40)45(58)59-32(3)4)56(29-33-22-38(47(49,50)51)24-39(48)23-33)44-52-27-34(28-53-44)43-30-55(31-54-43)46(35-16-10-7-11-17-35,36-18-12-8-13-19-36)37-20-14-9-15-21-37/h7-24,27-28,30-32,40-42H,5-6,25-26,29H2,1-4H3. The number of carbonyl (C=O) groups excluding carboxylic acids is 1. The van der Waals surface area contributed by atoms with E-state index in [-0.39, 0.29) is 41.9 Å². The van der Waals surface area contributed by atoms with Crippen LogP contribution >= 0.6 is 11.6 Å². The van der Waals surface area contributed by atoms with E-state index in [4.69, 9.17) is 31.3 Å². The molecular formula is C47H48ClF3N6O2. The Kier molecular flexibility index (Phi) is 12.4. The van der Waals surface area contributed by atoms with Crippen LogP contribution in [0.1, 0.15) is 81.2 Å². The fourth-order valence-corrected chi connectivity index (χ4v) is 8.76. The minimum atomic E-state index is -4.58. The number of halogens is 4. The first kappa shape index (κ1) is 41.5. The van der Waals surface area contributed by atoms with Crippen molar-refractivity contribution in [3.8, 4) is 11.3 Å². The molecule has 4 aromatic carbocycles. The molecule has 0 spiro atoms. The third-order valence-corrected chi connectivity index (χ3v) is 11.4. The summed E-state index contributed by atoms with van der Waals surface area (Å²) < 4.78 is 49.7. The molecule has 306 valence electrons. The molecule has 0 N–H and O–H groups in total. The lowest BCUT2D eigenvalue weighted by atomic mass is 9.77. The van der Waals surface area contributed by atoms with Crippen molar-refractivity contribution in [1.82, 2.24) is 24.4 Å². The van der Waals surface area contributed by atoms with Crippen LogP contribution in [0, 0.1) is 0 Å². The molecule has 0 radical (unpaired) electrons. The SMILES string of the molecule is CCC1CC(N(Cc2cc(Cl)cc(C(F)(F)F)c2)c2ncc(-c3cn(C(c4ccccc4)(c4ccccc4)c4ccccc4)cn3)cn2)CC(CC)N1C(=O)OC(C)C. The summed E-state index contributed by atoms with van der Waals surface area (Å²) in [5.41, 5.74) is 3.26. The number of ether oxygens (including phenoxy) is 1. The van der Waals surface area contributed by atoms with E-state index in [1.807, 2.05) is 105 Å². The number of alkyl halides is 3. The summed E-state index contributed by atoms with van der Waals surface area (Å²) in [6.45, 7) is 7.77. The van der Waals surface area contributed by atoms with Crippen LogP contribution in [-0.2, 0) is 23.0 Å². The molecule has 7 rings (SSSR count). The van der Waals surface area contributed by atoms with E-state index in [1.165, 1.54) is 0 Å². The highest BCUT2D eigenvalue weighted by Gasteiger charge is 2.42. The number of amides is 1. The van der Waals surface area contributed by atoms with E-state index in [9.17, 15) is 18.0 Å². The number of nitrogens with zero attached hydrogens (tertiary/aromatic N) is 6. The third kappa shape index (κ3) is 8.71. The maximum atomic E-state index is 14.0. The van der Waals surface area contributed by atoms with Gasteiger partial charge in [0, 0.05) is 53.8 Å². The van der Waals surface area contributed by atoms with Crippen LogP contribution in [-0.4, -0.2) is 54.7 Å². The fourth-order valence-electron chi connectivity index (χ4n) is 8.50. The number of aromatic nitrogens is 4. The highest BCUT2D eigenvalue weighted by atomic mass is 35.5. The molecule has 0 aliphatic carbocycles. The molecule has 3 heterocycles. The maximum absolute atomic E-state index is 14.0. The molecule has 2 aromatic heterocycles. The third-order valence-electron chi connectivity index (χ3n) is 11.2. The Morgan fingerprint density at radius 3 is 1.80 bits per heavy atom. The van der Waals surface area contributed by atoms with Gasteiger partial charge in [-0.15, -0.1) is 0 Å². The number of imidazole rings is 1. The van der Waals surface area contributed by atoms with Gasteiger partial charge in [-0.05, 0) is 80.0 Å². The van der Waals surface area contributed by atoms with Gasteiger partial charge in [-0.25, -0.2) is 19.7 Å². The number of piperidine rings is 1. The van der Waals surface area contributed by atoms with E-state index < -0.39 is 17.3 Å². The number of rotatable bonds is 12. The summed E-state index contributed by atoms with van der Waals surface area (Å²) in [5.74, 6) is 0.349. The van der Waals surface area contributed by atoms with Crippen molar-refractivity contribution in [1.29, 1.82) is 0 Å². The average Bonchev–Trinajstić information content (AvgIpc) is 3.73. The zero-order chi connectivity index (χ0) is 41.7. The second-order valence-electron chi connectivity index (χ2n) is 15.3. The average molecular weight is 821 g/mol. The molecule has 2 unspecified atom stereocenters. The van der Waals surface area contributed by atoms with Crippen LogP contribution in [0.15, 0.2) is 134 Å². The van der Waals surface area contributed by atoms with Gasteiger partial charge in [-0.3, -0.25) is 0 Å². The number of hydrogen-bond acceptors (Lipinski definition) is 6. The van der Waals surface area contributed by atoms with Crippen molar-refractivity contribution in [3.63, 3.8) is 0 Å². The molecule has 8 nitrogen and oxygen atoms in total. The quantitative estimate of drug-likeness (QED) is 0.114. The van der Waals surface area contributed by atoms with Gasteiger partial charge in [-0.1, -0.05) is 116 Å². The number of anilines is 1. The zero-order valence-electron chi connectivity index (χ0n) is 33.6.